The summed E-state index contributed by atoms with van der Waals surface area (Å²) in [6.07, 6.45) is 0.0477. The summed E-state index contributed by atoms with van der Waals surface area (Å²) in [5.41, 5.74) is 0.777. The Morgan fingerprint density at radius 1 is 1.22 bits per heavy atom. The molecule has 0 saturated heterocycles. The first-order valence-corrected chi connectivity index (χ1v) is 6.78. The monoisotopic (exact) mass is 311 g/mol. The average molecular weight is 311 g/mol. The number of benzene rings is 2. The molecule has 0 saturated carbocycles. The van der Waals surface area contributed by atoms with Gasteiger partial charge in [0.2, 0.25) is 0 Å². The normalized spacial score (nSPS) is 9.70. The zero-order valence-electron chi connectivity index (χ0n) is 12.1. The fourth-order valence-corrected chi connectivity index (χ4v) is 1.86. The average Bonchev–Trinajstić information content (AvgIpc) is 2.56. The first-order chi connectivity index (χ1) is 11.1. The van der Waals surface area contributed by atoms with Crippen molar-refractivity contribution in [1.82, 2.24) is 0 Å². The number of nitro groups is 1. The Morgan fingerprint density at radius 2 is 1.91 bits per heavy atom. The van der Waals surface area contributed by atoms with Gasteiger partial charge in [0.1, 0.15) is 11.4 Å². The number of para-hydroxylation sites is 2. The fourth-order valence-electron chi connectivity index (χ4n) is 1.86. The number of carbonyl (C=O) groups excluding carboxylic acids is 1. The highest BCUT2D eigenvalue weighted by atomic mass is 16.6. The van der Waals surface area contributed by atoms with E-state index in [0.29, 0.717) is 17.0 Å². The minimum Gasteiger partial charge on any atom is -0.426 e. The smallest absolute Gasteiger partial charge is 0.312 e. The van der Waals surface area contributed by atoms with Crippen molar-refractivity contribution in [2.45, 2.75) is 6.42 Å². The van der Waals surface area contributed by atoms with Crippen LogP contribution in [0.15, 0.2) is 48.5 Å². The van der Waals surface area contributed by atoms with E-state index in [1.165, 1.54) is 18.2 Å². The third-order valence-electron chi connectivity index (χ3n) is 2.96. The highest BCUT2D eigenvalue weighted by molar-refractivity contribution is 5.73. The van der Waals surface area contributed by atoms with E-state index in [0.717, 1.165) is 0 Å². The Balaban J connectivity index is 1.85. The van der Waals surface area contributed by atoms with Crippen LogP contribution in [0.4, 0.5) is 11.4 Å². The van der Waals surface area contributed by atoms with E-state index in [9.17, 15) is 14.9 Å². The summed E-state index contributed by atoms with van der Waals surface area (Å²) in [5.74, 6) is -0.125. The molecule has 1 N–H and O–H groups in total. The first-order valence-electron chi connectivity index (χ1n) is 6.78. The summed E-state index contributed by atoms with van der Waals surface area (Å²) in [7, 11) is 0. The molecule has 0 radical (unpaired) electrons. The van der Waals surface area contributed by atoms with E-state index < -0.39 is 10.9 Å². The van der Waals surface area contributed by atoms with Gasteiger partial charge in [0.05, 0.1) is 23.0 Å². The van der Waals surface area contributed by atoms with Crippen LogP contribution in [0.2, 0.25) is 0 Å². The molecule has 0 spiro atoms. The first kappa shape index (κ1) is 16.0. The van der Waals surface area contributed by atoms with E-state index in [-0.39, 0.29) is 18.7 Å². The highest BCUT2D eigenvalue weighted by Gasteiger charge is 2.12. The molecule has 2 aromatic carbocycles. The van der Waals surface area contributed by atoms with Crippen molar-refractivity contribution < 1.29 is 14.5 Å². The molecule has 7 nitrogen and oxygen atoms in total. The Hall–Kier alpha value is -3.40. The summed E-state index contributed by atoms with van der Waals surface area (Å²) in [6.45, 7) is 0.208. The molecule has 0 aliphatic rings. The van der Waals surface area contributed by atoms with Crippen LogP contribution in [0.25, 0.3) is 0 Å². The molecule has 0 atom stereocenters. The Bertz CT molecular complexity index is 751. The van der Waals surface area contributed by atoms with Crippen molar-refractivity contribution in [3.63, 3.8) is 0 Å². The van der Waals surface area contributed by atoms with Gasteiger partial charge >= 0.3 is 5.97 Å². The van der Waals surface area contributed by atoms with Crippen LogP contribution in [0.1, 0.15) is 12.0 Å². The Kier molecular flexibility index (Phi) is 5.25. The van der Waals surface area contributed by atoms with Gasteiger partial charge in [-0.15, -0.1) is 0 Å². The van der Waals surface area contributed by atoms with E-state index in [2.05, 4.69) is 5.32 Å². The van der Waals surface area contributed by atoms with Gasteiger partial charge in [-0.2, -0.15) is 5.26 Å². The van der Waals surface area contributed by atoms with Crippen molar-refractivity contribution in [1.29, 1.82) is 5.26 Å². The summed E-state index contributed by atoms with van der Waals surface area (Å²) < 4.78 is 5.11. The highest BCUT2D eigenvalue weighted by Crippen LogP contribution is 2.23. The van der Waals surface area contributed by atoms with Gasteiger partial charge in [-0.25, -0.2) is 0 Å². The van der Waals surface area contributed by atoms with Crippen LogP contribution in [-0.4, -0.2) is 17.4 Å². The van der Waals surface area contributed by atoms with Crippen molar-refractivity contribution >= 4 is 17.3 Å². The van der Waals surface area contributed by atoms with E-state index in [1.54, 1.807) is 30.3 Å². The van der Waals surface area contributed by atoms with Crippen molar-refractivity contribution in [3.8, 4) is 11.8 Å². The number of nitro benzene ring substituents is 1. The lowest BCUT2D eigenvalue weighted by molar-refractivity contribution is -0.384. The summed E-state index contributed by atoms with van der Waals surface area (Å²) >= 11 is 0. The lowest BCUT2D eigenvalue weighted by Crippen LogP contribution is -2.14. The van der Waals surface area contributed by atoms with Gasteiger partial charge in [-0.1, -0.05) is 12.1 Å². The molecule has 0 fully saturated rings. The number of nitrogens with zero attached hydrogens (tertiary/aromatic N) is 2. The van der Waals surface area contributed by atoms with E-state index in [1.807, 2.05) is 6.07 Å². The molecular weight excluding hydrogens is 298 g/mol. The molecular formula is C16H13N3O4. The second kappa shape index (κ2) is 7.56. The van der Waals surface area contributed by atoms with Crippen LogP contribution in [0.3, 0.4) is 0 Å². The number of carbonyl (C=O) groups is 1. The number of nitriles is 1. The van der Waals surface area contributed by atoms with Crippen LogP contribution in [0.5, 0.6) is 5.75 Å². The summed E-state index contributed by atoms with van der Waals surface area (Å²) in [6, 6.07) is 14.3. The zero-order valence-corrected chi connectivity index (χ0v) is 12.1. The molecule has 2 rings (SSSR count). The van der Waals surface area contributed by atoms with Crippen LogP contribution < -0.4 is 10.1 Å². The number of ether oxygens (including phenoxy) is 1. The lowest BCUT2D eigenvalue weighted by atomic mass is 10.2. The lowest BCUT2D eigenvalue weighted by Gasteiger charge is -2.07. The minimum absolute atomic E-state index is 0.0477. The zero-order chi connectivity index (χ0) is 16.7. The minimum atomic E-state index is -0.489. The van der Waals surface area contributed by atoms with Gasteiger partial charge < -0.3 is 10.1 Å². The third-order valence-corrected chi connectivity index (χ3v) is 2.96. The van der Waals surface area contributed by atoms with E-state index >= 15 is 0 Å². The maximum atomic E-state index is 11.7. The molecule has 0 unspecified atom stereocenters. The molecule has 0 heterocycles. The molecule has 23 heavy (non-hydrogen) atoms. The number of rotatable bonds is 6. The van der Waals surface area contributed by atoms with E-state index in [4.69, 9.17) is 10.00 Å². The number of nitrogens with one attached hydrogen (secondary N) is 1. The molecule has 0 aromatic heterocycles. The van der Waals surface area contributed by atoms with Gasteiger partial charge in [0, 0.05) is 12.6 Å². The van der Waals surface area contributed by atoms with Crippen LogP contribution >= 0.6 is 0 Å². The standard InChI is InChI=1S/C16H13N3O4/c17-11-12-5-7-13(8-6-12)23-16(20)9-10-18-14-3-1-2-4-15(14)19(21)22/h1-8,18H,9-10H2. The van der Waals surface area contributed by atoms with Crippen LogP contribution in [0, 0.1) is 21.4 Å². The van der Waals surface area contributed by atoms with Crippen molar-refractivity contribution in [2.75, 3.05) is 11.9 Å². The second-order valence-electron chi connectivity index (χ2n) is 4.56. The molecule has 0 aliphatic carbocycles. The van der Waals surface area contributed by atoms with Gasteiger partial charge in [0.15, 0.2) is 0 Å². The molecule has 0 bridgehead atoms. The quantitative estimate of drug-likeness (QED) is 0.380. The largest absolute Gasteiger partial charge is 0.426 e. The molecule has 0 aliphatic heterocycles. The van der Waals surface area contributed by atoms with Gasteiger partial charge in [-0.05, 0) is 30.3 Å². The summed E-state index contributed by atoms with van der Waals surface area (Å²) in [5, 5.41) is 22.4. The fraction of sp³-hybridized carbons (Fsp3) is 0.125. The predicted octanol–water partition coefficient (Wildman–Crippen LogP) is 2.87. The Labute approximate surface area is 132 Å². The van der Waals surface area contributed by atoms with Crippen molar-refractivity contribution in [2.24, 2.45) is 0 Å². The number of hydrogen-bond donors (Lipinski definition) is 1. The molecule has 0 amide bonds. The summed E-state index contributed by atoms with van der Waals surface area (Å²) in [4.78, 5) is 22.1. The third kappa shape index (κ3) is 4.54. The molecule has 2 aromatic rings. The topological polar surface area (TPSA) is 105 Å². The maximum Gasteiger partial charge on any atom is 0.312 e. The van der Waals surface area contributed by atoms with Gasteiger partial charge in [-0.3, -0.25) is 14.9 Å². The SMILES string of the molecule is N#Cc1ccc(OC(=O)CCNc2ccccc2[N+](=O)[O-])cc1. The number of anilines is 1. The maximum absolute atomic E-state index is 11.7. The molecule has 116 valence electrons. The van der Waals surface area contributed by atoms with Crippen LogP contribution in [-0.2, 0) is 4.79 Å². The number of hydrogen-bond acceptors (Lipinski definition) is 6. The molecule has 7 heteroatoms. The Morgan fingerprint density at radius 3 is 2.57 bits per heavy atom. The predicted molar refractivity (Wildman–Crippen MR) is 83.0 cm³/mol. The number of esters is 1. The van der Waals surface area contributed by atoms with Crippen molar-refractivity contribution in [3.05, 3.63) is 64.2 Å². The van der Waals surface area contributed by atoms with Gasteiger partial charge in [0.25, 0.3) is 5.69 Å². The second-order valence-corrected chi connectivity index (χ2v) is 4.56.